The number of nitrogens with one attached hydrogen (secondary N) is 3. The summed E-state index contributed by atoms with van der Waals surface area (Å²) in [6.45, 7) is 3.93. The van der Waals surface area contributed by atoms with Crippen LogP contribution in [0, 0.1) is 5.92 Å². The van der Waals surface area contributed by atoms with E-state index < -0.39 is 70.1 Å². The minimum Gasteiger partial charge on any atom is -0.449 e. The van der Waals surface area contributed by atoms with Gasteiger partial charge >= 0.3 is 28.4 Å². The van der Waals surface area contributed by atoms with E-state index >= 15 is 0 Å². The lowest BCUT2D eigenvalue weighted by Gasteiger charge is -2.27. The molecule has 22 heteroatoms. The normalized spacial score (nSPS) is 14.2. The van der Waals surface area contributed by atoms with Gasteiger partial charge in [-0.05, 0) is 66.8 Å². The first-order valence-electron chi connectivity index (χ1n) is 18.5. The van der Waals surface area contributed by atoms with Crippen molar-refractivity contribution < 1.29 is 61.9 Å². The molecule has 2 aromatic carbocycles. The van der Waals surface area contributed by atoms with Gasteiger partial charge in [0.25, 0.3) is 5.91 Å². The molecule has 1 aromatic heterocycles. The van der Waals surface area contributed by atoms with E-state index in [9.17, 15) is 47.9 Å². The predicted octanol–water partition coefficient (Wildman–Crippen LogP) is 3.01. The Labute approximate surface area is 336 Å². The van der Waals surface area contributed by atoms with Gasteiger partial charge in [0.05, 0.1) is 32.0 Å². The second-order valence-electron chi connectivity index (χ2n) is 14.1. The lowest BCUT2D eigenvalue weighted by Crippen LogP contribution is -2.55. The van der Waals surface area contributed by atoms with Crippen molar-refractivity contribution in [2.75, 3.05) is 18.6 Å². The SMILES string of the molecule is CC(C)C[C@@H](NC(=O)C(CCCc1ccccc1)NC(=O)c1cnccn1)B1OCc2ccc(N(C)C(=O)OCCCC(=O)NC(P(=O)(O)O)P(=O)(O)O)cc2CO1. The molecule has 7 N–H and O–H groups in total. The number of fused-ring (bicyclic) bond motifs is 1. The zero-order valence-electron chi connectivity index (χ0n) is 32.3. The van der Waals surface area contributed by atoms with E-state index in [1.54, 1.807) is 23.5 Å². The molecule has 0 fully saturated rings. The quantitative estimate of drug-likeness (QED) is 0.0519. The second-order valence-corrected chi connectivity index (χ2v) is 17.9. The summed E-state index contributed by atoms with van der Waals surface area (Å²) in [5.41, 5.74) is 0.450. The number of benzene rings is 2. The lowest BCUT2D eigenvalue weighted by atomic mass is 9.73. The topological polar surface area (TPSA) is 276 Å². The summed E-state index contributed by atoms with van der Waals surface area (Å²) in [5.74, 6) is -2.44. The molecule has 3 aromatic rings. The Kier molecular flexibility index (Phi) is 17.1. The average Bonchev–Trinajstić information content (AvgIpc) is 3.39. The highest BCUT2D eigenvalue weighted by molar-refractivity contribution is 7.70. The molecule has 0 spiro atoms. The molecule has 1 aliphatic heterocycles. The van der Waals surface area contributed by atoms with Gasteiger partial charge < -0.3 is 49.6 Å². The van der Waals surface area contributed by atoms with Gasteiger partial charge in [0, 0.05) is 31.5 Å². The summed E-state index contributed by atoms with van der Waals surface area (Å²) in [6, 6.07) is 14.1. The number of amides is 4. The Morgan fingerprint density at radius 2 is 1.60 bits per heavy atom. The van der Waals surface area contributed by atoms with E-state index in [4.69, 9.17) is 14.0 Å². The molecule has 4 amide bonds. The summed E-state index contributed by atoms with van der Waals surface area (Å²) < 4.78 is 40.4. The van der Waals surface area contributed by atoms with Crippen molar-refractivity contribution in [2.24, 2.45) is 5.92 Å². The molecule has 0 saturated heterocycles. The number of anilines is 1. The molecule has 2 atom stereocenters. The molecule has 0 aliphatic carbocycles. The van der Waals surface area contributed by atoms with Crippen LogP contribution in [0.2, 0.25) is 0 Å². The Balaban J connectivity index is 1.35. The van der Waals surface area contributed by atoms with E-state index in [1.807, 2.05) is 44.2 Å². The Hall–Kier alpha value is -4.52. The third-order valence-electron chi connectivity index (χ3n) is 8.96. The van der Waals surface area contributed by atoms with Crippen molar-refractivity contribution in [3.63, 3.8) is 0 Å². The Morgan fingerprint density at radius 3 is 2.24 bits per heavy atom. The Morgan fingerprint density at radius 1 is 0.914 bits per heavy atom. The van der Waals surface area contributed by atoms with Crippen LogP contribution in [-0.2, 0) is 52.4 Å². The maximum absolute atomic E-state index is 13.9. The van der Waals surface area contributed by atoms with Crippen molar-refractivity contribution in [1.29, 1.82) is 0 Å². The largest absolute Gasteiger partial charge is 0.481 e. The number of rotatable bonds is 19. The molecule has 1 aliphatic rings. The van der Waals surface area contributed by atoms with Crippen molar-refractivity contribution in [2.45, 2.75) is 83.1 Å². The van der Waals surface area contributed by atoms with E-state index in [0.29, 0.717) is 36.9 Å². The molecule has 314 valence electrons. The lowest BCUT2D eigenvalue weighted by molar-refractivity contribution is -0.123. The van der Waals surface area contributed by atoms with Gasteiger partial charge in [-0.2, -0.15) is 0 Å². The number of aromatic nitrogens is 2. The molecule has 0 radical (unpaired) electrons. The van der Waals surface area contributed by atoms with Gasteiger partial charge in [0.15, 0.2) is 0 Å². The molecule has 58 heavy (non-hydrogen) atoms. The molecular weight excluding hydrogens is 797 g/mol. The zero-order valence-corrected chi connectivity index (χ0v) is 34.1. The van der Waals surface area contributed by atoms with Gasteiger partial charge in [-0.25, -0.2) is 9.78 Å². The highest BCUT2D eigenvalue weighted by Crippen LogP contribution is 2.58. The van der Waals surface area contributed by atoms with Crippen LogP contribution in [0.1, 0.15) is 73.1 Å². The molecule has 4 rings (SSSR count). The Bertz CT molecular complexity index is 1930. The van der Waals surface area contributed by atoms with Crippen LogP contribution >= 0.6 is 15.2 Å². The van der Waals surface area contributed by atoms with Gasteiger partial charge in [-0.15, -0.1) is 0 Å². The number of hydrogen-bond acceptors (Lipinski definition) is 11. The van der Waals surface area contributed by atoms with Crippen LogP contribution in [0.25, 0.3) is 0 Å². The van der Waals surface area contributed by atoms with E-state index in [2.05, 4.69) is 20.6 Å². The van der Waals surface area contributed by atoms with E-state index in [-0.39, 0.29) is 37.9 Å². The summed E-state index contributed by atoms with van der Waals surface area (Å²) in [4.78, 5) is 97.8. The van der Waals surface area contributed by atoms with Gasteiger partial charge in [-0.1, -0.05) is 50.2 Å². The average molecular weight is 847 g/mol. The van der Waals surface area contributed by atoms with Crippen molar-refractivity contribution in [1.82, 2.24) is 25.9 Å². The van der Waals surface area contributed by atoms with Crippen molar-refractivity contribution in [3.8, 4) is 0 Å². The van der Waals surface area contributed by atoms with Crippen LogP contribution in [0.3, 0.4) is 0 Å². The first kappa shape index (κ1) is 46.2. The van der Waals surface area contributed by atoms with Crippen molar-refractivity contribution in [3.05, 3.63) is 89.5 Å². The third kappa shape index (κ3) is 14.4. The fourth-order valence-electron chi connectivity index (χ4n) is 6.00. The zero-order chi connectivity index (χ0) is 42.5. The summed E-state index contributed by atoms with van der Waals surface area (Å²) >= 11 is 0. The van der Waals surface area contributed by atoms with Crippen LogP contribution in [-0.4, -0.2) is 91.6 Å². The summed E-state index contributed by atoms with van der Waals surface area (Å²) in [7, 11) is -10.1. The van der Waals surface area contributed by atoms with Crippen LogP contribution in [0.5, 0.6) is 0 Å². The minimum atomic E-state index is -5.35. The maximum atomic E-state index is 13.9. The van der Waals surface area contributed by atoms with Crippen LogP contribution < -0.4 is 20.9 Å². The first-order chi connectivity index (χ1) is 27.4. The smallest absolute Gasteiger partial charge is 0.449 e. The van der Waals surface area contributed by atoms with Gasteiger partial charge in [0.2, 0.25) is 17.3 Å². The highest BCUT2D eigenvalue weighted by Gasteiger charge is 2.44. The minimum absolute atomic E-state index is 0.0738. The number of carbonyl (C=O) groups excluding carboxylic acids is 4. The summed E-state index contributed by atoms with van der Waals surface area (Å²) in [6.07, 6.45) is 5.03. The standard InChI is InChI=1S/C36H49BN6O13P2/c1-24(2)19-31(41-33(45)29(12-7-11-25-9-5-4-6-10-25)40-34(46)30-21-38-16-17-39-30)37-55-22-26-14-15-28(20-27(26)23-56-37)43(3)36(47)54-18-8-13-32(44)42-35(57(48,49)50)58(51,52)53/h4-6,9-10,14-17,20-21,24,29,31,35H,7-8,11-13,18-19,22-23H2,1-3H3,(H,40,46)(H,41,45)(H,42,44)(H2,48,49,50)(H2,51,52,53)/t29?,31-/m1/s1. The maximum Gasteiger partial charge on any atom is 0.481 e. The fraction of sp³-hybridized carbons (Fsp3) is 0.444. The number of hydrogen-bond donors (Lipinski definition) is 7. The first-order valence-corrected chi connectivity index (χ1v) is 21.8. The number of ether oxygens (including phenoxy) is 1. The van der Waals surface area contributed by atoms with Gasteiger partial charge in [-0.3, -0.25) is 33.4 Å². The molecule has 1 unspecified atom stereocenters. The van der Waals surface area contributed by atoms with E-state index in [1.165, 1.54) is 30.5 Å². The third-order valence-corrected chi connectivity index (χ3v) is 12.3. The number of nitrogens with zero attached hydrogens (tertiary/aromatic N) is 3. The molecular formula is C36H49BN6O13P2. The highest BCUT2D eigenvalue weighted by atomic mass is 31.2. The molecule has 0 bridgehead atoms. The predicted molar refractivity (Wildman–Crippen MR) is 211 cm³/mol. The monoisotopic (exact) mass is 846 g/mol. The van der Waals surface area contributed by atoms with E-state index in [0.717, 1.165) is 11.1 Å². The van der Waals surface area contributed by atoms with Gasteiger partial charge in [0.1, 0.15) is 11.7 Å². The molecule has 2 heterocycles. The number of aryl methyl sites for hydroxylation is 1. The van der Waals surface area contributed by atoms with Crippen LogP contribution in [0.15, 0.2) is 67.1 Å². The summed E-state index contributed by atoms with van der Waals surface area (Å²) in [5, 5.41) is 7.54. The molecule has 0 saturated carbocycles. The van der Waals surface area contributed by atoms with Crippen molar-refractivity contribution >= 4 is 51.8 Å². The second kappa shape index (κ2) is 21.5. The fourth-order valence-corrected chi connectivity index (χ4v) is 8.19. The van der Waals surface area contributed by atoms with Crippen LogP contribution in [0.4, 0.5) is 10.5 Å². The number of carbonyl (C=O) groups is 4. The molecule has 19 nitrogen and oxygen atoms in total.